The van der Waals surface area contributed by atoms with E-state index in [1.165, 1.54) is 25.7 Å². The van der Waals surface area contributed by atoms with Gasteiger partial charge in [0.15, 0.2) is 5.96 Å². The van der Waals surface area contributed by atoms with Gasteiger partial charge in [-0.15, -0.1) is 0 Å². The van der Waals surface area contributed by atoms with Crippen molar-refractivity contribution in [1.29, 1.82) is 0 Å². The van der Waals surface area contributed by atoms with E-state index < -0.39 is 0 Å². The second kappa shape index (κ2) is 8.88. The van der Waals surface area contributed by atoms with E-state index in [9.17, 15) is 10.2 Å². The summed E-state index contributed by atoms with van der Waals surface area (Å²) in [6.45, 7) is 3.41. The molecule has 2 fully saturated rings. The maximum Gasteiger partial charge on any atom is 0.191 e. The van der Waals surface area contributed by atoms with Gasteiger partial charge < -0.3 is 20.8 Å². The summed E-state index contributed by atoms with van der Waals surface area (Å²) >= 11 is 0. The maximum absolute atomic E-state index is 10.3. The van der Waals surface area contributed by atoms with E-state index in [4.69, 9.17) is 0 Å². The van der Waals surface area contributed by atoms with E-state index in [1.807, 2.05) is 0 Å². The molecule has 3 atom stereocenters. The van der Waals surface area contributed by atoms with Crippen LogP contribution in [-0.4, -0.2) is 48.5 Å². The van der Waals surface area contributed by atoms with Crippen LogP contribution in [0.4, 0.5) is 0 Å². The maximum atomic E-state index is 10.3. The van der Waals surface area contributed by atoms with Crippen molar-refractivity contribution in [2.45, 2.75) is 76.9 Å². The van der Waals surface area contributed by atoms with Gasteiger partial charge in [-0.3, -0.25) is 4.99 Å². The van der Waals surface area contributed by atoms with Gasteiger partial charge in [0.1, 0.15) is 0 Å². The molecule has 23 heavy (non-hydrogen) atoms. The molecule has 4 N–H and O–H groups in total. The zero-order chi connectivity index (χ0) is 16.7. The molecule has 0 aliphatic heterocycles. The van der Waals surface area contributed by atoms with Crippen molar-refractivity contribution in [3.8, 4) is 0 Å². The molecule has 2 aliphatic carbocycles. The van der Waals surface area contributed by atoms with Crippen LogP contribution in [0.1, 0.15) is 64.7 Å². The summed E-state index contributed by atoms with van der Waals surface area (Å²) in [6, 6.07) is 0. The average Bonchev–Trinajstić information content (AvgIpc) is 2.58. The number of guanidine groups is 1. The third kappa shape index (κ3) is 5.35. The van der Waals surface area contributed by atoms with E-state index in [0.29, 0.717) is 19.0 Å². The third-order valence-electron chi connectivity index (χ3n) is 5.84. The molecule has 0 saturated heterocycles. The normalized spacial score (nSPS) is 31.7. The second-order valence-electron chi connectivity index (χ2n) is 7.69. The van der Waals surface area contributed by atoms with E-state index in [1.54, 1.807) is 7.05 Å². The molecule has 0 radical (unpaired) electrons. The van der Waals surface area contributed by atoms with Gasteiger partial charge in [0.05, 0.1) is 12.2 Å². The molecular weight excluding hydrogens is 290 g/mol. The minimum absolute atomic E-state index is 0.0855. The molecule has 5 nitrogen and oxygen atoms in total. The molecular formula is C18H35N3O2. The van der Waals surface area contributed by atoms with Crippen molar-refractivity contribution >= 4 is 5.96 Å². The summed E-state index contributed by atoms with van der Waals surface area (Å²) in [5.41, 5.74) is -0.0855. The molecule has 0 aromatic rings. The Kier molecular flexibility index (Phi) is 7.15. The lowest BCUT2D eigenvalue weighted by Crippen LogP contribution is -2.49. The second-order valence-corrected chi connectivity index (χ2v) is 7.69. The fourth-order valence-electron chi connectivity index (χ4n) is 3.98. The standard InChI is InChI=1S/C18H35N3O2/c1-18(11-7-6-10-16(18)23)13-21-17(19-2)20-12-15(22)14-8-4-3-5-9-14/h14-16,22-23H,3-13H2,1-2H3,(H2,19,20,21). The minimum Gasteiger partial charge on any atom is -0.392 e. The highest BCUT2D eigenvalue weighted by atomic mass is 16.3. The Balaban J connectivity index is 1.74. The minimum atomic E-state index is -0.301. The van der Waals surface area contributed by atoms with Crippen molar-refractivity contribution in [3.05, 3.63) is 0 Å². The number of nitrogens with one attached hydrogen (secondary N) is 2. The summed E-state index contributed by atoms with van der Waals surface area (Å²) in [4.78, 5) is 4.25. The van der Waals surface area contributed by atoms with Crippen LogP contribution in [-0.2, 0) is 0 Å². The summed E-state index contributed by atoms with van der Waals surface area (Å²) in [5.74, 6) is 1.14. The summed E-state index contributed by atoms with van der Waals surface area (Å²) in [5, 5.41) is 27.2. The highest BCUT2D eigenvalue weighted by Crippen LogP contribution is 2.35. The Morgan fingerprint density at radius 1 is 1.13 bits per heavy atom. The van der Waals surface area contributed by atoms with Crippen LogP contribution >= 0.6 is 0 Å². The smallest absolute Gasteiger partial charge is 0.191 e. The van der Waals surface area contributed by atoms with Crippen LogP contribution in [0.2, 0.25) is 0 Å². The molecule has 2 aliphatic rings. The van der Waals surface area contributed by atoms with Crippen LogP contribution in [0.3, 0.4) is 0 Å². The molecule has 0 spiro atoms. The molecule has 0 amide bonds. The van der Waals surface area contributed by atoms with Gasteiger partial charge >= 0.3 is 0 Å². The zero-order valence-corrected chi connectivity index (χ0v) is 14.9. The number of hydrogen-bond acceptors (Lipinski definition) is 3. The number of aliphatic hydroxyl groups excluding tert-OH is 2. The number of nitrogens with zero attached hydrogens (tertiary/aromatic N) is 1. The third-order valence-corrected chi connectivity index (χ3v) is 5.84. The van der Waals surface area contributed by atoms with E-state index in [2.05, 4.69) is 22.5 Å². The fourth-order valence-corrected chi connectivity index (χ4v) is 3.98. The molecule has 0 aromatic carbocycles. The number of aliphatic hydroxyl groups is 2. The first-order valence-electron chi connectivity index (χ1n) is 9.36. The van der Waals surface area contributed by atoms with E-state index in [0.717, 1.165) is 38.1 Å². The molecule has 0 aromatic heterocycles. The van der Waals surface area contributed by atoms with Gasteiger partial charge in [-0.25, -0.2) is 0 Å². The predicted octanol–water partition coefficient (Wildman–Crippen LogP) is 2.03. The van der Waals surface area contributed by atoms with Gasteiger partial charge in [-0.05, 0) is 31.6 Å². The molecule has 5 heteroatoms. The van der Waals surface area contributed by atoms with Crippen LogP contribution < -0.4 is 10.6 Å². The van der Waals surface area contributed by atoms with Gasteiger partial charge in [0.25, 0.3) is 0 Å². The Morgan fingerprint density at radius 2 is 1.83 bits per heavy atom. The van der Waals surface area contributed by atoms with E-state index >= 15 is 0 Å². The summed E-state index contributed by atoms with van der Waals surface area (Å²) in [6.07, 6.45) is 9.76. The number of hydrogen-bond donors (Lipinski definition) is 4. The Bertz CT molecular complexity index is 382. The van der Waals surface area contributed by atoms with Gasteiger partial charge in [0, 0.05) is 25.6 Å². The van der Waals surface area contributed by atoms with Gasteiger partial charge in [-0.1, -0.05) is 39.0 Å². The lowest BCUT2D eigenvalue weighted by Gasteiger charge is -2.39. The first kappa shape index (κ1) is 18.5. The molecule has 0 bridgehead atoms. The SMILES string of the molecule is CN=C(NCC(O)C1CCCCC1)NCC1(C)CCCCC1O. The lowest BCUT2D eigenvalue weighted by atomic mass is 9.73. The topological polar surface area (TPSA) is 76.9 Å². The predicted molar refractivity (Wildman–Crippen MR) is 94.5 cm³/mol. The molecule has 2 rings (SSSR count). The van der Waals surface area contributed by atoms with Gasteiger partial charge in [-0.2, -0.15) is 0 Å². The lowest BCUT2D eigenvalue weighted by molar-refractivity contribution is 0.00391. The number of rotatable bonds is 5. The van der Waals surface area contributed by atoms with Crippen LogP contribution in [0.15, 0.2) is 4.99 Å². The highest BCUT2D eigenvalue weighted by Gasteiger charge is 2.35. The number of aliphatic imine (C=N–C) groups is 1. The molecule has 2 saturated carbocycles. The monoisotopic (exact) mass is 325 g/mol. The Hall–Kier alpha value is -0.810. The summed E-state index contributed by atoms with van der Waals surface area (Å²) in [7, 11) is 1.75. The highest BCUT2D eigenvalue weighted by molar-refractivity contribution is 5.79. The van der Waals surface area contributed by atoms with Crippen molar-refractivity contribution in [2.75, 3.05) is 20.1 Å². The zero-order valence-electron chi connectivity index (χ0n) is 14.9. The quantitative estimate of drug-likeness (QED) is 0.461. The van der Waals surface area contributed by atoms with E-state index in [-0.39, 0.29) is 17.6 Å². The summed E-state index contributed by atoms with van der Waals surface area (Å²) < 4.78 is 0. The average molecular weight is 325 g/mol. The molecule has 0 heterocycles. The van der Waals surface area contributed by atoms with Crippen molar-refractivity contribution in [2.24, 2.45) is 16.3 Å². The van der Waals surface area contributed by atoms with Crippen LogP contribution in [0.25, 0.3) is 0 Å². The molecule has 3 unspecified atom stereocenters. The first-order chi connectivity index (χ1) is 11.0. The van der Waals surface area contributed by atoms with Crippen molar-refractivity contribution in [3.63, 3.8) is 0 Å². The van der Waals surface area contributed by atoms with Crippen molar-refractivity contribution in [1.82, 2.24) is 10.6 Å². The Labute approximate surface area is 141 Å². The molecule has 134 valence electrons. The fraction of sp³-hybridized carbons (Fsp3) is 0.944. The van der Waals surface area contributed by atoms with Gasteiger partial charge in [0.2, 0.25) is 0 Å². The van der Waals surface area contributed by atoms with Crippen LogP contribution in [0.5, 0.6) is 0 Å². The first-order valence-corrected chi connectivity index (χ1v) is 9.36. The Morgan fingerprint density at radius 3 is 2.48 bits per heavy atom. The van der Waals surface area contributed by atoms with Crippen LogP contribution in [0, 0.1) is 11.3 Å². The van der Waals surface area contributed by atoms with Crippen molar-refractivity contribution < 1.29 is 10.2 Å². The largest absolute Gasteiger partial charge is 0.392 e.